The van der Waals surface area contributed by atoms with Crippen LogP contribution in [0.4, 0.5) is 8.78 Å². The maximum Gasteiger partial charge on any atom is 0.275 e. The van der Waals surface area contributed by atoms with E-state index in [4.69, 9.17) is 4.74 Å². The van der Waals surface area contributed by atoms with Crippen LogP contribution in [0.2, 0.25) is 0 Å². The monoisotopic (exact) mass is 476 g/mol. The lowest BCUT2D eigenvalue weighted by molar-refractivity contribution is 0.0307. The zero-order valence-electron chi connectivity index (χ0n) is 18.2. The topological polar surface area (TPSA) is 97.5 Å². The molecule has 8 nitrogen and oxygen atoms in total. The molecule has 1 aliphatic rings. The molecule has 33 heavy (non-hydrogen) atoms. The summed E-state index contributed by atoms with van der Waals surface area (Å²) in [5.41, 5.74) is -0.491. The van der Waals surface area contributed by atoms with Gasteiger partial charge in [0.05, 0.1) is 18.2 Å². The highest BCUT2D eigenvalue weighted by molar-refractivity contribution is 7.14. The average Bonchev–Trinajstić information content (AvgIpc) is 3.20. The van der Waals surface area contributed by atoms with Gasteiger partial charge in [-0.1, -0.05) is 17.4 Å². The third kappa shape index (κ3) is 4.25. The summed E-state index contributed by atoms with van der Waals surface area (Å²) in [6, 6.07) is 2.84. The minimum Gasteiger partial charge on any atom is -0.503 e. The first-order valence-corrected chi connectivity index (χ1v) is 11.1. The number of rotatable bonds is 6. The molecule has 0 saturated carbocycles. The average molecular weight is 477 g/mol. The molecule has 4 rings (SSSR count). The lowest BCUT2D eigenvalue weighted by Crippen LogP contribution is -2.53. The number of hydrogen-bond donors (Lipinski definition) is 1. The summed E-state index contributed by atoms with van der Waals surface area (Å²) in [6.07, 6.45) is 1.55. The Kier molecular flexibility index (Phi) is 6.26. The van der Waals surface area contributed by atoms with Crippen molar-refractivity contribution in [3.8, 4) is 16.3 Å². The first kappa shape index (κ1) is 23.0. The highest BCUT2D eigenvalue weighted by atomic mass is 32.1. The van der Waals surface area contributed by atoms with Gasteiger partial charge < -0.3 is 19.3 Å². The van der Waals surface area contributed by atoms with Gasteiger partial charge in [-0.05, 0) is 25.5 Å². The van der Waals surface area contributed by atoms with Crippen LogP contribution in [0.25, 0.3) is 10.6 Å². The fraction of sp³-hybridized carbons (Fsp3) is 0.364. The van der Waals surface area contributed by atoms with E-state index in [0.29, 0.717) is 11.6 Å². The third-order valence-corrected chi connectivity index (χ3v) is 6.42. The van der Waals surface area contributed by atoms with Crippen LogP contribution < -0.4 is 5.43 Å². The number of carbonyl (C=O) groups is 1. The SMILES string of the molecule is COCC1Cn2cc(-c3nnc(Cc4ccc(F)cc4F)s3)c(=O)c(O)c2C(=O)N1C(C)C. The fourth-order valence-electron chi connectivity index (χ4n) is 4.02. The van der Waals surface area contributed by atoms with E-state index in [1.54, 1.807) is 12.0 Å². The highest BCUT2D eigenvalue weighted by Crippen LogP contribution is 2.30. The van der Waals surface area contributed by atoms with Crippen molar-refractivity contribution < 1.29 is 23.4 Å². The smallest absolute Gasteiger partial charge is 0.275 e. The number of amides is 1. The van der Waals surface area contributed by atoms with Crippen molar-refractivity contribution in [2.45, 2.75) is 38.9 Å². The van der Waals surface area contributed by atoms with Gasteiger partial charge in [0, 0.05) is 38.4 Å². The van der Waals surface area contributed by atoms with Gasteiger partial charge in [0.1, 0.15) is 16.6 Å². The number of benzene rings is 1. The number of nitrogens with zero attached hydrogens (tertiary/aromatic N) is 4. The van der Waals surface area contributed by atoms with Crippen molar-refractivity contribution in [1.82, 2.24) is 19.7 Å². The van der Waals surface area contributed by atoms with Gasteiger partial charge in [0.15, 0.2) is 16.5 Å². The molecule has 11 heteroatoms. The summed E-state index contributed by atoms with van der Waals surface area (Å²) >= 11 is 1.06. The maximum absolute atomic E-state index is 14.0. The number of hydrogen-bond acceptors (Lipinski definition) is 7. The molecule has 3 heterocycles. The van der Waals surface area contributed by atoms with Crippen LogP contribution in [-0.4, -0.2) is 56.5 Å². The molecule has 1 aliphatic heterocycles. The van der Waals surface area contributed by atoms with Gasteiger partial charge in [-0.25, -0.2) is 8.78 Å². The number of pyridine rings is 1. The van der Waals surface area contributed by atoms with Crippen LogP contribution in [-0.2, 0) is 17.7 Å². The normalized spacial score (nSPS) is 15.9. The van der Waals surface area contributed by atoms with Gasteiger partial charge in [-0.15, -0.1) is 10.2 Å². The molecular weight excluding hydrogens is 454 g/mol. The van der Waals surface area contributed by atoms with E-state index in [1.165, 1.54) is 16.8 Å². The molecule has 0 radical (unpaired) electrons. The first-order valence-electron chi connectivity index (χ1n) is 10.3. The lowest BCUT2D eigenvalue weighted by Gasteiger charge is -2.40. The molecule has 0 bridgehead atoms. The van der Waals surface area contributed by atoms with Gasteiger partial charge in [0.25, 0.3) is 5.91 Å². The minimum absolute atomic E-state index is 0.0692. The van der Waals surface area contributed by atoms with Crippen molar-refractivity contribution >= 4 is 17.2 Å². The summed E-state index contributed by atoms with van der Waals surface area (Å²) in [4.78, 5) is 27.6. The Bertz CT molecular complexity index is 1270. The standard InChI is InChI=1S/C22H22F2N4O4S/c1-11(2)28-14(10-32-3)8-27-9-15(19(29)20(30)18(27)22(28)31)21-26-25-17(33-21)6-12-4-5-13(23)7-16(12)24/h4-5,7,9,11,14,30H,6,8,10H2,1-3H3. The molecule has 174 valence electrons. The van der Waals surface area contributed by atoms with E-state index < -0.39 is 28.7 Å². The van der Waals surface area contributed by atoms with Gasteiger partial charge in [-0.3, -0.25) is 9.59 Å². The molecule has 1 amide bonds. The van der Waals surface area contributed by atoms with Crippen LogP contribution in [0, 0.1) is 11.6 Å². The van der Waals surface area contributed by atoms with Crippen molar-refractivity contribution in [3.05, 3.63) is 62.5 Å². The summed E-state index contributed by atoms with van der Waals surface area (Å²) in [6.45, 7) is 4.32. The predicted octanol–water partition coefficient (Wildman–Crippen LogP) is 2.82. The summed E-state index contributed by atoms with van der Waals surface area (Å²) in [5, 5.41) is 19.3. The van der Waals surface area contributed by atoms with E-state index in [9.17, 15) is 23.5 Å². The van der Waals surface area contributed by atoms with Gasteiger partial charge in [-0.2, -0.15) is 0 Å². The molecule has 1 atom stereocenters. The quantitative estimate of drug-likeness (QED) is 0.588. The number of ether oxygens (including phenoxy) is 1. The fourth-order valence-corrected chi connectivity index (χ4v) is 4.89. The van der Waals surface area contributed by atoms with Crippen LogP contribution in [0.1, 0.15) is 34.9 Å². The van der Waals surface area contributed by atoms with Crippen molar-refractivity contribution in [2.75, 3.05) is 13.7 Å². The number of carbonyl (C=O) groups excluding carboxylic acids is 1. The first-order chi connectivity index (χ1) is 15.7. The largest absolute Gasteiger partial charge is 0.503 e. The second kappa shape index (κ2) is 8.99. The Hall–Kier alpha value is -3.18. The predicted molar refractivity (Wildman–Crippen MR) is 117 cm³/mol. The van der Waals surface area contributed by atoms with Crippen LogP contribution in [0.5, 0.6) is 5.75 Å². The highest BCUT2D eigenvalue weighted by Gasteiger charge is 2.37. The Labute approximate surface area is 192 Å². The van der Waals surface area contributed by atoms with Crippen molar-refractivity contribution in [1.29, 1.82) is 0 Å². The minimum atomic E-state index is -0.737. The molecular formula is C22H22F2N4O4S. The number of halogens is 2. The van der Waals surface area contributed by atoms with Gasteiger partial charge in [0.2, 0.25) is 5.43 Å². The molecule has 0 spiro atoms. The zero-order valence-corrected chi connectivity index (χ0v) is 19.0. The maximum atomic E-state index is 14.0. The van der Waals surface area contributed by atoms with E-state index in [-0.39, 0.29) is 46.9 Å². The van der Waals surface area contributed by atoms with E-state index in [1.807, 2.05) is 13.8 Å². The Morgan fingerprint density at radius 2 is 2.03 bits per heavy atom. The van der Waals surface area contributed by atoms with Crippen LogP contribution in [0.15, 0.2) is 29.2 Å². The van der Waals surface area contributed by atoms with Crippen LogP contribution >= 0.6 is 11.3 Å². The molecule has 3 aromatic rings. The zero-order chi connectivity index (χ0) is 23.9. The number of methoxy groups -OCH3 is 1. The van der Waals surface area contributed by atoms with E-state index in [0.717, 1.165) is 23.5 Å². The van der Waals surface area contributed by atoms with E-state index in [2.05, 4.69) is 10.2 Å². The van der Waals surface area contributed by atoms with Gasteiger partial charge >= 0.3 is 0 Å². The lowest BCUT2D eigenvalue weighted by atomic mass is 10.1. The van der Waals surface area contributed by atoms with Crippen LogP contribution in [0.3, 0.4) is 0 Å². The third-order valence-electron chi connectivity index (χ3n) is 5.46. The van der Waals surface area contributed by atoms with Crippen molar-refractivity contribution in [2.24, 2.45) is 0 Å². The second-order valence-corrected chi connectivity index (χ2v) is 9.11. The summed E-state index contributed by atoms with van der Waals surface area (Å²) < 4.78 is 33.9. The van der Waals surface area contributed by atoms with Crippen molar-refractivity contribution in [3.63, 3.8) is 0 Å². The second-order valence-electron chi connectivity index (χ2n) is 8.05. The summed E-state index contributed by atoms with van der Waals surface area (Å²) in [7, 11) is 1.54. The molecule has 0 fully saturated rings. The molecule has 0 aliphatic carbocycles. The number of aromatic hydroxyl groups is 1. The molecule has 0 saturated heterocycles. The number of aromatic nitrogens is 3. The molecule has 1 aromatic carbocycles. The number of fused-ring (bicyclic) bond motifs is 1. The molecule has 1 N–H and O–H groups in total. The summed E-state index contributed by atoms with van der Waals surface area (Å²) in [5.74, 6) is -2.48. The Morgan fingerprint density at radius 1 is 1.27 bits per heavy atom. The Balaban J connectivity index is 1.71. The van der Waals surface area contributed by atoms with E-state index >= 15 is 0 Å². The Morgan fingerprint density at radius 3 is 2.70 bits per heavy atom. The molecule has 2 aromatic heterocycles. The molecule has 1 unspecified atom stereocenters.